The van der Waals surface area contributed by atoms with E-state index in [9.17, 15) is 9.50 Å². The summed E-state index contributed by atoms with van der Waals surface area (Å²) in [7, 11) is 0. The summed E-state index contributed by atoms with van der Waals surface area (Å²) in [5.41, 5.74) is 1.50. The third-order valence-electron chi connectivity index (χ3n) is 2.70. The Morgan fingerprint density at radius 1 is 1.17 bits per heavy atom. The lowest BCUT2D eigenvalue weighted by Crippen LogP contribution is -1.95. The monoisotopic (exact) mass is 306 g/mol. The fraction of sp³-hybridized carbons (Fsp3) is 0. The van der Waals surface area contributed by atoms with Crippen LogP contribution in [-0.4, -0.2) is 14.9 Å². The molecule has 0 bridgehead atoms. The van der Waals surface area contributed by atoms with Crippen LogP contribution in [-0.2, 0) is 0 Å². The molecule has 2 aromatic carbocycles. The van der Waals surface area contributed by atoms with Gasteiger partial charge in [0.05, 0.1) is 22.8 Å². The van der Waals surface area contributed by atoms with Gasteiger partial charge in [-0.2, -0.15) is 5.10 Å². The van der Waals surface area contributed by atoms with Crippen molar-refractivity contribution in [2.45, 2.75) is 0 Å². The molecule has 0 spiro atoms. The van der Waals surface area contributed by atoms with Gasteiger partial charge in [-0.1, -0.05) is 15.9 Å². The smallest absolute Gasteiger partial charge is 0.127 e. The van der Waals surface area contributed by atoms with Crippen molar-refractivity contribution in [1.29, 1.82) is 0 Å². The Kier molecular flexibility index (Phi) is 2.56. The van der Waals surface area contributed by atoms with Crippen molar-refractivity contribution in [3.05, 3.63) is 52.9 Å². The molecule has 3 nitrogen and oxygen atoms in total. The summed E-state index contributed by atoms with van der Waals surface area (Å²) in [6.45, 7) is 0. The van der Waals surface area contributed by atoms with Crippen molar-refractivity contribution < 1.29 is 9.50 Å². The van der Waals surface area contributed by atoms with Crippen LogP contribution in [0, 0.1) is 5.82 Å². The van der Waals surface area contributed by atoms with Crippen molar-refractivity contribution >= 4 is 26.8 Å². The van der Waals surface area contributed by atoms with Gasteiger partial charge in [0.15, 0.2) is 0 Å². The molecule has 0 saturated carbocycles. The number of fused-ring (bicyclic) bond motifs is 1. The molecule has 0 radical (unpaired) electrons. The van der Waals surface area contributed by atoms with E-state index in [0.717, 1.165) is 15.7 Å². The Morgan fingerprint density at radius 2 is 1.89 bits per heavy atom. The molecule has 1 N–H and O–H groups in total. The fourth-order valence-electron chi connectivity index (χ4n) is 1.86. The topological polar surface area (TPSA) is 38.1 Å². The number of rotatable bonds is 1. The SMILES string of the molecule is Oc1cc(Br)cc2c1cnn2-c1ccc(F)cc1. The second kappa shape index (κ2) is 4.10. The summed E-state index contributed by atoms with van der Waals surface area (Å²) in [6.07, 6.45) is 1.58. The number of benzene rings is 2. The summed E-state index contributed by atoms with van der Waals surface area (Å²) in [5, 5.41) is 14.7. The number of phenols is 1. The first-order valence-corrected chi connectivity index (χ1v) is 6.06. The van der Waals surface area contributed by atoms with Gasteiger partial charge < -0.3 is 5.11 Å². The van der Waals surface area contributed by atoms with E-state index in [1.54, 1.807) is 29.1 Å². The van der Waals surface area contributed by atoms with Gasteiger partial charge in [0, 0.05) is 4.47 Å². The molecule has 0 aliphatic carbocycles. The van der Waals surface area contributed by atoms with E-state index >= 15 is 0 Å². The first-order valence-electron chi connectivity index (χ1n) is 5.27. The van der Waals surface area contributed by atoms with Gasteiger partial charge in [0.1, 0.15) is 11.6 Å². The Bertz CT molecular complexity index is 722. The highest BCUT2D eigenvalue weighted by Gasteiger charge is 2.09. The molecule has 3 rings (SSSR count). The van der Waals surface area contributed by atoms with E-state index in [-0.39, 0.29) is 11.6 Å². The van der Waals surface area contributed by atoms with Crippen LogP contribution >= 0.6 is 15.9 Å². The second-order valence-electron chi connectivity index (χ2n) is 3.89. The van der Waals surface area contributed by atoms with Crippen LogP contribution in [0.2, 0.25) is 0 Å². The molecule has 1 aromatic heterocycles. The number of hydrogen-bond acceptors (Lipinski definition) is 2. The zero-order chi connectivity index (χ0) is 12.7. The molecular formula is C13H8BrFN2O. The predicted molar refractivity (Wildman–Crippen MR) is 70.4 cm³/mol. The number of phenolic OH excluding ortho intramolecular Hbond substituents is 1. The highest BCUT2D eigenvalue weighted by Crippen LogP contribution is 2.30. The third-order valence-corrected chi connectivity index (χ3v) is 3.16. The van der Waals surface area contributed by atoms with E-state index in [1.165, 1.54) is 12.1 Å². The molecule has 18 heavy (non-hydrogen) atoms. The average Bonchev–Trinajstić information content (AvgIpc) is 2.74. The first-order chi connectivity index (χ1) is 8.65. The minimum absolute atomic E-state index is 0.160. The Labute approximate surface area is 111 Å². The van der Waals surface area contributed by atoms with E-state index < -0.39 is 0 Å². The molecule has 0 amide bonds. The highest BCUT2D eigenvalue weighted by molar-refractivity contribution is 9.10. The second-order valence-corrected chi connectivity index (χ2v) is 4.81. The predicted octanol–water partition coefficient (Wildman–Crippen LogP) is 3.63. The average molecular weight is 307 g/mol. The van der Waals surface area contributed by atoms with Gasteiger partial charge in [-0.3, -0.25) is 0 Å². The maximum absolute atomic E-state index is 12.9. The number of nitrogens with zero attached hydrogens (tertiary/aromatic N) is 2. The van der Waals surface area contributed by atoms with Crippen LogP contribution in [0.1, 0.15) is 0 Å². The molecule has 3 aromatic rings. The summed E-state index contributed by atoms with van der Waals surface area (Å²) >= 11 is 3.33. The van der Waals surface area contributed by atoms with Crippen LogP contribution in [0.3, 0.4) is 0 Å². The minimum Gasteiger partial charge on any atom is -0.507 e. The fourth-order valence-corrected chi connectivity index (χ4v) is 2.30. The van der Waals surface area contributed by atoms with Crippen LogP contribution in [0.5, 0.6) is 5.75 Å². The summed E-state index contributed by atoms with van der Waals surface area (Å²) < 4.78 is 15.3. The van der Waals surface area contributed by atoms with Crippen LogP contribution < -0.4 is 0 Å². The van der Waals surface area contributed by atoms with Gasteiger partial charge in [0.2, 0.25) is 0 Å². The minimum atomic E-state index is -0.292. The highest BCUT2D eigenvalue weighted by atomic mass is 79.9. The van der Waals surface area contributed by atoms with Gasteiger partial charge in [0.25, 0.3) is 0 Å². The van der Waals surface area contributed by atoms with Gasteiger partial charge in [-0.15, -0.1) is 0 Å². The quantitative estimate of drug-likeness (QED) is 0.745. The molecule has 0 saturated heterocycles. The van der Waals surface area contributed by atoms with Crippen molar-refractivity contribution in [3.8, 4) is 11.4 Å². The van der Waals surface area contributed by atoms with Gasteiger partial charge in [-0.25, -0.2) is 9.07 Å². The number of aromatic nitrogens is 2. The number of aromatic hydroxyl groups is 1. The summed E-state index contributed by atoms with van der Waals surface area (Å²) in [6, 6.07) is 9.49. The molecule has 0 atom stereocenters. The van der Waals surface area contributed by atoms with Crippen molar-refractivity contribution in [3.63, 3.8) is 0 Å². The van der Waals surface area contributed by atoms with E-state index in [4.69, 9.17) is 0 Å². The van der Waals surface area contributed by atoms with Gasteiger partial charge in [-0.05, 0) is 36.4 Å². The van der Waals surface area contributed by atoms with Crippen LogP contribution in [0.15, 0.2) is 47.1 Å². The summed E-state index contributed by atoms with van der Waals surface area (Å²) in [5.74, 6) is -0.132. The molecule has 0 unspecified atom stereocenters. The van der Waals surface area contributed by atoms with Crippen molar-refractivity contribution in [1.82, 2.24) is 9.78 Å². The third kappa shape index (κ3) is 1.76. The molecular weight excluding hydrogens is 299 g/mol. The van der Waals surface area contributed by atoms with Crippen molar-refractivity contribution in [2.24, 2.45) is 0 Å². The number of hydrogen-bond donors (Lipinski definition) is 1. The van der Waals surface area contributed by atoms with E-state index in [0.29, 0.717) is 5.39 Å². The lowest BCUT2D eigenvalue weighted by atomic mass is 10.2. The van der Waals surface area contributed by atoms with Crippen molar-refractivity contribution in [2.75, 3.05) is 0 Å². The summed E-state index contributed by atoms with van der Waals surface area (Å²) in [4.78, 5) is 0. The molecule has 1 heterocycles. The zero-order valence-corrected chi connectivity index (χ0v) is 10.7. The Balaban J connectivity index is 2.27. The Hall–Kier alpha value is -1.88. The zero-order valence-electron chi connectivity index (χ0n) is 9.14. The standard InChI is InChI=1S/C13H8BrFN2O/c14-8-5-12-11(13(18)6-8)7-16-17(12)10-3-1-9(15)2-4-10/h1-7,18H. The number of halogens is 2. The van der Waals surface area contributed by atoms with Gasteiger partial charge >= 0.3 is 0 Å². The lowest BCUT2D eigenvalue weighted by molar-refractivity contribution is 0.481. The van der Waals surface area contributed by atoms with Crippen LogP contribution in [0.4, 0.5) is 4.39 Å². The molecule has 5 heteroatoms. The normalized spacial score (nSPS) is 11.0. The maximum atomic E-state index is 12.9. The largest absolute Gasteiger partial charge is 0.507 e. The molecule has 0 aliphatic rings. The van der Waals surface area contributed by atoms with Crippen LogP contribution in [0.25, 0.3) is 16.6 Å². The molecule has 90 valence electrons. The molecule has 0 fully saturated rings. The van der Waals surface area contributed by atoms with E-state index in [2.05, 4.69) is 21.0 Å². The lowest BCUT2D eigenvalue weighted by Gasteiger charge is -2.04. The van der Waals surface area contributed by atoms with E-state index in [1.807, 2.05) is 6.07 Å². The molecule has 0 aliphatic heterocycles. The first kappa shape index (κ1) is 11.2. The maximum Gasteiger partial charge on any atom is 0.127 e. The Morgan fingerprint density at radius 3 is 2.61 bits per heavy atom.